The van der Waals surface area contributed by atoms with Gasteiger partial charge in [-0.1, -0.05) is 41.5 Å². The van der Waals surface area contributed by atoms with Gasteiger partial charge in [-0.15, -0.1) is 0 Å². The van der Waals surface area contributed by atoms with Crippen LogP contribution in [0.3, 0.4) is 0 Å². The Hall–Kier alpha value is -2.62. The summed E-state index contributed by atoms with van der Waals surface area (Å²) in [6, 6.07) is 12.8. The monoisotopic (exact) mass is 311 g/mol. The Kier molecular flexibility index (Phi) is 5.52. The Labute approximate surface area is 136 Å². The molecule has 2 aromatic carbocycles. The third kappa shape index (κ3) is 5.25. The van der Waals surface area contributed by atoms with Gasteiger partial charge in [0, 0.05) is 6.54 Å². The number of carboxylic acids is 1. The van der Waals surface area contributed by atoms with Crippen molar-refractivity contribution in [2.45, 2.75) is 26.7 Å². The SMILES string of the molecule is Cc1cc(C)cc(CCNC(=O)Cc2ccc(C(=O)O)cc2)c1. The zero-order valence-corrected chi connectivity index (χ0v) is 13.4. The average Bonchev–Trinajstić information content (AvgIpc) is 2.46. The van der Waals surface area contributed by atoms with Gasteiger partial charge in [-0.05, 0) is 43.5 Å². The maximum absolute atomic E-state index is 11.9. The third-order valence-corrected chi connectivity index (χ3v) is 3.58. The number of carboxylic acid groups (broad SMARTS) is 1. The van der Waals surface area contributed by atoms with E-state index in [1.807, 2.05) is 0 Å². The zero-order chi connectivity index (χ0) is 16.8. The van der Waals surface area contributed by atoms with Crippen molar-refractivity contribution in [3.8, 4) is 0 Å². The van der Waals surface area contributed by atoms with Crippen molar-refractivity contribution in [1.82, 2.24) is 5.32 Å². The number of rotatable bonds is 6. The van der Waals surface area contributed by atoms with Crippen molar-refractivity contribution in [3.05, 3.63) is 70.3 Å². The normalized spacial score (nSPS) is 10.3. The lowest BCUT2D eigenvalue weighted by atomic mass is 10.0. The fraction of sp³-hybridized carbons (Fsp3) is 0.263. The Bertz CT molecular complexity index is 685. The number of aromatic carboxylic acids is 1. The van der Waals surface area contributed by atoms with E-state index < -0.39 is 5.97 Å². The molecule has 0 saturated heterocycles. The third-order valence-electron chi connectivity index (χ3n) is 3.58. The minimum Gasteiger partial charge on any atom is -0.478 e. The molecule has 4 nitrogen and oxygen atoms in total. The first-order chi connectivity index (χ1) is 10.9. The van der Waals surface area contributed by atoms with Crippen LogP contribution in [0.1, 0.15) is 32.6 Å². The molecular weight excluding hydrogens is 290 g/mol. The maximum atomic E-state index is 11.9. The molecule has 1 amide bonds. The Morgan fingerprint density at radius 3 is 2.13 bits per heavy atom. The summed E-state index contributed by atoms with van der Waals surface area (Å²) >= 11 is 0. The van der Waals surface area contributed by atoms with Crippen LogP contribution in [0.5, 0.6) is 0 Å². The van der Waals surface area contributed by atoms with Crippen molar-refractivity contribution in [1.29, 1.82) is 0 Å². The molecule has 0 fully saturated rings. The van der Waals surface area contributed by atoms with Gasteiger partial charge in [0.1, 0.15) is 0 Å². The number of hydrogen-bond donors (Lipinski definition) is 2. The van der Waals surface area contributed by atoms with E-state index in [0.29, 0.717) is 6.54 Å². The number of benzene rings is 2. The summed E-state index contributed by atoms with van der Waals surface area (Å²) in [6.07, 6.45) is 1.05. The summed E-state index contributed by atoms with van der Waals surface area (Å²) in [5, 5.41) is 11.7. The average molecular weight is 311 g/mol. The van der Waals surface area contributed by atoms with E-state index in [9.17, 15) is 9.59 Å². The summed E-state index contributed by atoms with van der Waals surface area (Å²) in [5.41, 5.74) is 4.70. The molecular formula is C19H21NO3. The van der Waals surface area contributed by atoms with E-state index in [2.05, 4.69) is 37.4 Å². The summed E-state index contributed by atoms with van der Waals surface area (Å²) in [7, 11) is 0. The van der Waals surface area contributed by atoms with Crippen LogP contribution in [0.15, 0.2) is 42.5 Å². The number of carbonyl (C=O) groups excluding carboxylic acids is 1. The second-order valence-electron chi connectivity index (χ2n) is 5.77. The standard InChI is InChI=1S/C19H21NO3/c1-13-9-14(2)11-16(10-13)7-8-20-18(21)12-15-3-5-17(6-4-15)19(22)23/h3-6,9-11H,7-8,12H2,1-2H3,(H,20,21)(H,22,23). The van der Waals surface area contributed by atoms with Crippen LogP contribution in [0.4, 0.5) is 0 Å². The molecule has 0 bridgehead atoms. The van der Waals surface area contributed by atoms with Crippen LogP contribution in [-0.2, 0) is 17.6 Å². The highest BCUT2D eigenvalue weighted by atomic mass is 16.4. The van der Waals surface area contributed by atoms with Gasteiger partial charge in [-0.2, -0.15) is 0 Å². The fourth-order valence-electron chi connectivity index (χ4n) is 2.57. The van der Waals surface area contributed by atoms with E-state index in [1.165, 1.54) is 28.8 Å². The molecule has 0 aliphatic heterocycles. The molecule has 2 rings (SSSR count). The molecule has 2 aromatic rings. The van der Waals surface area contributed by atoms with Gasteiger partial charge in [-0.25, -0.2) is 4.79 Å². The smallest absolute Gasteiger partial charge is 0.335 e. The van der Waals surface area contributed by atoms with Gasteiger partial charge >= 0.3 is 5.97 Å². The second kappa shape index (κ2) is 7.58. The van der Waals surface area contributed by atoms with Gasteiger partial charge < -0.3 is 10.4 Å². The van der Waals surface area contributed by atoms with E-state index in [4.69, 9.17) is 5.11 Å². The molecule has 0 heterocycles. The van der Waals surface area contributed by atoms with Crippen LogP contribution in [0.25, 0.3) is 0 Å². The minimum absolute atomic E-state index is 0.0579. The first-order valence-corrected chi connectivity index (χ1v) is 7.60. The van der Waals surface area contributed by atoms with Gasteiger partial charge in [0.25, 0.3) is 0 Å². The van der Waals surface area contributed by atoms with Crippen LogP contribution in [0.2, 0.25) is 0 Å². The molecule has 0 saturated carbocycles. The summed E-state index contributed by atoms with van der Waals surface area (Å²) < 4.78 is 0. The van der Waals surface area contributed by atoms with E-state index in [0.717, 1.165) is 12.0 Å². The Morgan fingerprint density at radius 2 is 1.57 bits per heavy atom. The first-order valence-electron chi connectivity index (χ1n) is 7.60. The van der Waals surface area contributed by atoms with Crippen LogP contribution in [0, 0.1) is 13.8 Å². The van der Waals surface area contributed by atoms with Crippen LogP contribution in [-0.4, -0.2) is 23.5 Å². The molecule has 4 heteroatoms. The maximum Gasteiger partial charge on any atom is 0.335 e. The Balaban J connectivity index is 1.81. The molecule has 0 spiro atoms. The van der Waals surface area contributed by atoms with Gasteiger partial charge in [-0.3, -0.25) is 4.79 Å². The molecule has 23 heavy (non-hydrogen) atoms. The Morgan fingerprint density at radius 1 is 0.957 bits per heavy atom. The van der Waals surface area contributed by atoms with Crippen molar-refractivity contribution >= 4 is 11.9 Å². The molecule has 0 aromatic heterocycles. The largest absolute Gasteiger partial charge is 0.478 e. The number of carbonyl (C=O) groups is 2. The fourth-order valence-corrected chi connectivity index (χ4v) is 2.57. The van der Waals surface area contributed by atoms with E-state index in [1.54, 1.807) is 12.1 Å². The molecule has 120 valence electrons. The summed E-state index contributed by atoms with van der Waals surface area (Å²) in [6.45, 7) is 4.72. The van der Waals surface area contributed by atoms with Crippen molar-refractivity contribution in [3.63, 3.8) is 0 Å². The van der Waals surface area contributed by atoms with Crippen molar-refractivity contribution in [2.24, 2.45) is 0 Å². The topological polar surface area (TPSA) is 66.4 Å². The molecule has 0 atom stereocenters. The van der Waals surface area contributed by atoms with Gasteiger partial charge in [0.05, 0.1) is 12.0 Å². The first kappa shape index (κ1) is 16.7. The molecule has 2 N–H and O–H groups in total. The molecule has 0 radical (unpaired) electrons. The van der Waals surface area contributed by atoms with E-state index >= 15 is 0 Å². The predicted octanol–water partition coefficient (Wildman–Crippen LogP) is 2.90. The summed E-state index contributed by atoms with van der Waals surface area (Å²) in [4.78, 5) is 22.7. The lowest BCUT2D eigenvalue weighted by molar-refractivity contribution is -0.120. The minimum atomic E-state index is -0.963. The lowest BCUT2D eigenvalue weighted by Gasteiger charge is -2.07. The number of nitrogens with one attached hydrogen (secondary N) is 1. The second-order valence-corrected chi connectivity index (χ2v) is 5.77. The quantitative estimate of drug-likeness (QED) is 0.862. The number of aryl methyl sites for hydroxylation is 2. The van der Waals surface area contributed by atoms with Gasteiger partial charge in [0.15, 0.2) is 0 Å². The summed E-state index contributed by atoms with van der Waals surface area (Å²) in [5.74, 6) is -1.02. The van der Waals surface area contributed by atoms with Crippen molar-refractivity contribution < 1.29 is 14.7 Å². The highest BCUT2D eigenvalue weighted by Gasteiger charge is 2.06. The highest BCUT2D eigenvalue weighted by molar-refractivity contribution is 5.87. The molecule has 0 unspecified atom stereocenters. The predicted molar refractivity (Wildman–Crippen MR) is 89.7 cm³/mol. The molecule has 0 aliphatic carbocycles. The van der Waals surface area contributed by atoms with Crippen LogP contribution >= 0.6 is 0 Å². The number of hydrogen-bond acceptors (Lipinski definition) is 2. The zero-order valence-electron chi connectivity index (χ0n) is 13.4. The highest BCUT2D eigenvalue weighted by Crippen LogP contribution is 2.09. The number of amides is 1. The van der Waals surface area contributed by atoms with Gasteiger partial charge in [0.2, 0.25) is 5.91 Å². The lowest BCUT2D eigenvalue weighted by Crippen LogP contribution is -2.27. The van der Waals surface area contributed by atoms with E-state index in [-0.39, 0.29) is 17.9 Å². The van der Waals surface area contributed by atoms with Crippen molar-refractivity contribution in [2.75, 3.05) is 6.54 Å². The molecule has 0 aliphatic rings. The van der Waals surface area contributed by atoms with Crippen LogP contribution < -0.4 is 5.32 Å².